The average Bonchev–Trinajstić information content (AvgIpc) is 2.21. The molecule has 1 aromatic carbocycles. The first-order chi connectivity index (χ1) is 7.10. The van der Waals surface area contributed by atoms with Crippen LogP contribution in [0.1, 0.15) is 22.7 Å². The number of methoxy groups -OCH3 is 1. The molecule has 1 rings (SSSR count). The molecule has 0 aliphatic rings. The third-order valence-corrected chi connectivity index (χ3v) is 2.67. The molecule has 0 bridgehead atoms. The molecule has 3 heteroatoms. The first-order valence-electron chi connectivity index (χ1n) is 5.15. The van der Waals surface area contributed by atoms with Crippen molar-refractivity contribution in [2.45, 2.75) is 19.9 Å². The van der Waals surface area contributed by atoms with Crippen molar-refractivity contribution in [3.05, 3.63) is 28.8 Å². The predicted octanol–water partition coefficient (Wildman–Crippen LogP) is 1.53. The maximum atomic E-state index is 6.06. The lowest BCUT2D eigenvalue weighted by molar-refractivity contribution is 0.404. The molecule has 15 heavy (non-hydrogen) atoms. The molecule has 0 radical (unpaired) electrons. The Bertz CT molecular complexity index is 337. The largest absolute Gasteiger partial charge is 0.496 e. The van der Waals surface area contributed by atoms with Gasteiger partial charge in [0.25, 0.3) is 0 Å². The van der Waals surface area contributed by atoms with Gasteiger partial charge in [0.05, 0.1) is 7.11 Å². The summed E-state index contributed by atoms with van der Waals surface area (Å²) >= 11 is 0. The summed E-state index contributed by atoms with van der Waals surface area (Å²) in [6.07, 6.45) is 0. The average molecular weight is 208 g/mol. The van der Waals surface area contributed by atoms with E-state index in [9.17, 15) is 0 Å². The summed E-state index contributed by atoms with van der Waals surface area (Å²) in [5, 5.41) is 3.07. The number of benzene rings is 1. The molecule has 0 aliphatic heterocycles. The molecule has 3 nitrogen and oxygen atoms in total. The standard InChI is InChI=1S/C12H20N2O/c1-8-5-10(11(13)7-14-3)12(15-4)6-9(8)2/h5-6,11,14H,7,13H2,1-4H3. The minimum Gasteiger partial charge on any atom is -0.496 e. The SMILES string of the molecule is CNCC(N)c1cc(C)c(C)cc1OC. The molecule has 0 heterocycles. The van der Waals surface area contributed by atoms with Gasteiger partial charge in [-0.25, -0.2) is 0 Å². The maximum absolute atomic E-state index is 6.06. The Kier molecular flexibility index (Phi) is 4.12. The second-order valence-corrected chi connectivity index (χ2v) is 3.84. The Balaban J connectivity index is 3.09. The molecule has 1 atom stereocenters. The molecule has 0 aliphatic carbocycles. The van der Waals surface area contributed by atoms with Gasteiger partial charge >= 0.3 is 0 Å². The van der Waals surface area contributed by atoms with E-state index in [0.717, 1.165) is 17.9 Å². The summed E-state index contributed by atoms with van der Waals surface area (Å²) in [6.45, 7) is 4.91. The lowest BCUT2D eigenvalue weighted by Gasteiger charge is -2.17. The van der Waals surface area contributed by atoms with E-state index in [1.54, 1.807) is 7.11 Å². The predicted molar refractivity (Wildman–Crippen MR) is 63.3 cm³/mol. The second-order valence-electron chi connectivity index (χ2n) is 3.84. The van der Waals surface area contributed by atoms with Crippen molar-refractivity contribution in [3.8, 4) is 5.75 Å². The van der Waals surface area contributed by atoms with E-state index in [0.29, 0.717) is 0 Å². The minimum atomic E-state index is -0.0238. The van der Waals surface area contributed by atoms with Gasteiger partial charge in [0, 0.05) is 18.2 Å². The zero-order valence-electron chi connectivity index (χ0n) is 9.92. The summed E-state index contributed by atoms with van der Waals surface area (Å²) in [5.74, 6) is 0.876. The highest BCUT2D eigenvalue weighted by molar-refractivity contribution is 5.43. The van der Waals surface area contributed by atoms with Gasteiger partial charge in [0.1, 0.15) is 5.75 Å². The number of ether oxygens (including phenoxy) is 1. The molecule has 1 unspecified atom stereocenters. The molecule has 0 saturated heterocycles. The fourth-order valence-electron chi connectivity index (χ4n) is 1.61. The number of hydrogen-bond acceptors (Lipinski definition) is 3. The lowest BCUT2D eigenvalue weighted by atomic mass is 10.00. The van der Waals surface area contributed by atoms with Crippen LogP contribution in [0.4, 0.5) is 0 Å². The van der Waals surface area contributed by atoms with Crippen LogP contribution in [0, 0.1) is 13.8 Å². The highest BCUT2D eigenvalue weighted by atomic mass is 16.5. The van der Waals surface area contributed by atoms with Crippen LogP contribution in [-0.4, -0.2) is 20.7 Å². The molecule has 0 spiro atoms. The molecule has 3 N–H and O–H groups in total. The van der Waals surface area contributed by atoms with E-state index >= 15 is 0 Å². The number of nitrogens with one attached hydrogen (secondary N) is 1. The molecule has 0 fully saturated rings. The van der Waals surface area contributed by atoms with Crippen LogP contribution in [0.5, 0.6) is 5.75 Å². The Morgan fingerprint density at radius 3 is 2.47 bits per heavy atom. The van der Waals surface area contributed by atoms with Crippen LogP contribution in [-0.2, 0) is 0 Å². The van der Waals surface area contributed by atoms with Crippen molar-refractivity contribution in [2.24, 2.45) is 5.73 Å². The van der Waals surface area contributed by atoms with Gasteiger partial charge < -0.3 is 15.8 Å². The summed E-state index contributed by atoms with van der Waals surface area (Å²) in [7, 11) is 3.58. The van der Waals surface area contributed by atoms with Crippen LogP contribution in [0.2, 0.25) is 0 Å². The smallest absolute Gasteiger partial charge is 0.123 e. The molecular weight excluding hydrogens is 188 g/mol. The van der Waals surface area contributed by atoms with Crippen LogP contribution in [0.3, 0.4) is 0 Å². The molecule has 0 amide bonds. The number of aryl methyl sites for hydroxylation is 2. The first kappa shape index (κ1) is 12.0. The Morgan fingerprint density at radius 2 is 1.93 bits per heavy atom. The van der Waals surface area contributed by atoms with Crippen LogP contribution in [0.25, 0.3) is 0 Å². The van der Waals surface area contributed by atoms with Crippen LogP contribution in [0.15, 0.2) is 12.1 Å². The van der Waals surface area contributed by atoms with E-state index < -0.39 is 0 Å². The fraction of sp³-hybridized carbons (Fsp3) is 0.500. The summed E-state index contributed by atoms with van der Waals surface area (Å²) in [6, 6.07) is 4.13. The molecular formula is C12H20N2O. The number of rotatable bonds is 4. The summed E-state index contributed by atoms with van der Waals surface area (Å²) < 4.78 is 5.34. The molecule has 84 valence electrons. The Labute approximate surface area is 91.6 Å². The number of hydrogen-bond donors (Lipinski definition) is 2. The minimum absolute atomic E-state index is 0.0238. The van der Waals surface area contributed by atoms with Gasteiger partial charge in [-0.3, -0.25) is 0 Å². The van der Waals surface area contributed by atoms with Gasteiger partial charge in [-0.05, 0) is 38.1 Å². The highest BCUT2D eigenvalue weighted by Crippen LogP contribution is 2.27. The lowest BCUT2D eigenvalue weighted by Crippen LogP contribution is -2.24. The maximum Gasteiger partial charge on any atom is 0.123 e. The monoisotopic (exact) mass is 208 g/mol. The van der Waals surface area contributed by atoms with Crippen molar-refractivity contribution < 1.29 is 4.74 Å². The fourth-order valence-corrected chi connectivity index (χ4v) is 1.61. The van der Waals surface area contributed by atoms with Crippen molar-refractivity contribution >= 4 is 0 Å². The van der Waals surface area contributed by atoms with E-state index in [4.69, 9.17) is 10.5 Å². The van der Waals surface area contributed by atoms with E-state index in [1.165, 1.54) is 11.1 Å². The zero-order chi connectivity index (χ0) is 11.4. The van der Waals surface area contributed by atoms with Gasteiger partial charge in [0.15, 0.2) is 0 Å². The van der Waals surface area contributed by atoms with Crippen molar-refractivity contribution in [1.29, 1.82) is 0 Å². The third kappa shape index (κ3) is 2.70. The van der Waals surface area contributed by atoms with Crippen molar-refractivity contribution in [2.75, 3.05) is 20.7 Å². The topological polar surface area (TPSA) is 47.3 Å². The number of nitrogens with two attached hydrogens (primary N) is 1. The number of likely N-dealkylation sites (N-methyl/N-ethyl adjacent to an activating group) is 1. The summed E-state index contributed by atoms with van der Waals surface area (Å²) in [5.41, 5.74) is 9.60. The van der Waals surface area contributed by atoms with Gasteiger partial charge in [-0.15, -0.1) is 0 Å². The Morgan fingerprint density at radius 1 is 1.33 bits per heavy atom. The molecule has 0 saturated carbocycles. The van der Waals surface area contributed by atoms with E-state index in [2.05, 4.69) is 25.2 Å². The normalized spacial score (nSPS) is 12.6. The van der Waals surface area contributed by atoms with Crippen molar-refractivity contribution in [3.63, 3.8) is 0 Å². The zero-order valence-corrected chi connectivity index (χ0v) is 9.92. The quantitative estimate of drug-likeness (QED) is 0.789. The van der Waals surface area contributed by atoms with E-state index in [1.807, 2.05) is 13.1 Å². The first-order valence-corrected chi connectivity index (χ1v) is 5.15. The van der Waals surface area contributed by atoms with Crippen LogP contribution >= 0.6 is 0 Å². The second kappa shape index (κ2) is 5.14. The summed E-state index contributed by atoms with van der Waals surface area (Å²) in [4.78, 5) is 0. The van der Waals surface area contributed by atoms with Crippen LogP contribution < -0.4 is 15.8 Å². The third-order valence-electron chi connectivity index (χ3n) is 2.67. The van der Waals surface area contributed by atoms with E-state index in [-0.39, 0.29) is 6.04 Å². The molecule has 0 aromatic heterocycles. The van der Waals surface area contributed by atoms with Gasteiger partial charge in [0.2, 0.25) is 0 Å². The van der Waals surface area contributed by atoms with Crippen molar-refractivity contribution in [1.82, 2.24) is 5.32 Å². The van der Waals surface area contributed by atoms with Gasteiger partial charge in [-0.2, -0.15) is 0 Å². The Hall–Kier alpha value is -1.06. The molecule has 1 aromatic rings. The highest BCUT2D eigenvalue weighted by Gasteiger charge is 2.12. The van der Waals surface area contributed by atoms with Gasteiger partial charge in [-0.1, -0.05) is 6.07 Å².